The third kappa shape index (κ3) is 3.96. The highest BCUT2D eigenvalue weighted by atomic mass is 16.5. The van der Waals surface area contributed by atoms with Crippen LogP contribution in [-0.4, -0.2) is 55.7 Å². The first-order valence-corrected chi connectivity index (χ1v) is 7.25. The zero-order valence-electron chi connectivity index (χ0n) is 12.4. The number of likely N-dealkylation sites (N-methyl/N-ethyl adjacent to an activating group) is 1. The maximum atomic E-state index is 8.99. The van der Waals surface area contributed by atoms with Crippen molar-refractivity contribution >= 4 is 0 Å². The number of nitriles is 1. The van der Waals surface area contributed by atoms with Crippen molar-refractivity contribution in [3.8, 4) is 11.8 Å². The van der Waals surface area contributed by atoms with Crippen LogP contribution in [0, 0.1) is 11.3 Å². The quantitative estimate of drug-likeness (QED) is 0.769. The SMILES string of the molecule is CC1CN(CCCOc2ccccc2C#N)CCN1C. The molecule has 1 aliphatic heterocycles. The van der Waals surface area contributed by atoms with Gasteiger partial charge in [0, 0.05) is 32.2 Å². The van der Waals surface area contributed by atoms with Crippen molar-refractivity contribution in [3.63, 3.8) is 0 Å². The van der Waals surface area contributed by atoms with Gasteiger partial charge in [-0.15, -0.1) is 0 Å². The molecular formula is C16H23N3O. The summed E-state index contributed by atoms with van der Waals surface area (Å²) in [6.07, 6.45) is 0.996. The van der Waals surface area contributed by atoms with Crippen LogP contribution in [0.2, 0.25) is 0 Å². The van der Waals surface area contributed by atoms with E-state index < -0.39 is 0 Å². The Hall–Kier alpha value is -1.57. The van der Waals surface area contributed by atoms with E-state index in [4.69, 9.17) is 10.00 Å². The molecule has 108 valence electrons. The van der Waals surface area contributed by atoms with Crippen molar-refractivity contribution in [2.24, 2.45) is 0 Å². The highest BCUT2D eigenvalue weighted by molar-refractivity contribution is 5.42. The Morgan fingerprint density at radius 2 is 2.15 bits per heavy atom. The van der Waals surface area contributed by atoms with E-state index in [1.807, 2.05) is 18.2 Å². The molecule has 1 aliphatic rings. The molecule has 1 saturated heterocycles. The van der Waals surface area contributed by atoms with Crippen LogP contribution >= 0.6 is 0 Å². The van der Waals surface area contributed by atoms with Crippen LogP contribution in [0.4, 0.5) is 0 Å². The Balaban J connectivity index is 1.71. The summed E-state index contributed by atoms with van der Waals surface area (Å²) in [5, 5.41) is 8.99. The average molecular weight is 273 g/mol. The summed E-state index contributed by atoms with van der Waals surface area (Å²) >= 11 is 0. The van der Waals surface area contributed by atoms with E-state index in [0.717, 1.165) is 32.6 Å². The molecule has 4 heteroatoms. The molecule has 1 aromatic rings. The van der Waals surface area contributed by atoms with Crippen LogP contribution < -0.4 is 4.74 Å². The molecule has 0 bridgehead atoms. The van der Waals surface area contributed by atoms with Gasteiger partial charge in [0.15, 0.2) is 0 Å². The lowest BCUT2D eigenvalue weighted by molar-refractivity contribution is 0.100. The van der Waals surface area contributed by atoms with Gasteiger partial charge in [-0.1, -0.05) is 12.1 Å². The number of ether oxygens (including phenoxy) is 1. The first kappa shape index (κ1) is 14.8. The van der Waals surface area contributed by atoms with E-state index in [2.05, 4.69) is 29.8 Å². The molecule has 0 aromatic heterocycles. The highest BCUT2D eigenvalue weighted by Gasteiger charge is 2.19. The van der Waals surface area contributed by atoms with E-state index in [0.29, 0.717) is 24.0 Å². The highest BCUT2D eigenvalue weighted by Crippen LogP contribution is 2.16. The Morgan fingerprint density at radius 3 is 2.90 bits per heavy atom. The molecule has 2 rings (SSSR count). The van der Waals surface area contributed by atoms with Crippen LogP contribution in [0.5, 0.6) is 5.75 Å². The zero-order chi connectivity index (χ0) is 14.4. The third-order valence-corrected chi connectivity index (χ3v) is 3.93. The number of hydrogen-bond donors (Lipinski definition) is 0. The van der Waals surface area contributed by atoms with Gasteiger partial charge in [-0.3, -0.25) is 0 Å². The molecule has 1 fully saturated rings. The van der Waals surface area contributed by atoms with Crippen molar-refractivity contribution in [1.29, 1.82) is 5.26 Å². The normalized spacial score (nSPS) is 20.6. The first-order chi connectivity index (χ1) is 9.70. The van der Waals surface area contributed by atoms with Gasteiger partial charge in [-0.25, -0.2) is 0 Å². The Bertz CT molecular complexity index is 469. The summed E-state index contributed by atoms with van der Waals surface area (Å²) < 4.78 is 5.71. The lowest BCUT2D eigenvalue weighted by Crippen LogP contribution is -2.50. The van der Waals surface area contributed by atoms with Crippen molar-refractivity contribution in [2.75, 3.05) is 39.8 Å². The molecule has 1 aromatic carbocycles. The smallest absolute Gasteiger partial charge is 0.137 e. The van der Waals surface area contributed by atoms with Crippen molar-refractivity contribution < 1.29 is 4.74 Å². The second-order valence-corrected chi connectivity index (χ2v) is 5.44. The minimum Gasteiger partial charge on any atom is -0.492 e. The van der Waals surface area contributed by atoms with Gasteiger partial charge in [0.1, 0.15) is 11.8 Å². The van der Waals surface area contributed by atoms with Crippen molar-refractivity contribution in [1.82, 2.24) is 9.80 Å². The third-order valence-electron chi connectivity index (χ3n) is 3.93. The van der Waals surface area contributed by atoms with Gasteiger partial charge in [0.2, 0.25) is 0 Å². The molecule has 20 heavy (non-hydrogen) atoms. The van der Waals surface area contributed by atoms with Gasteiger partial charge in [0.25, 0.3) is 0 Å². The fourth-order valence-electron chi connectivity index (χ4n) is 2.48. The summed E-state index contributed by atoms with van der Waals surface area (Å²) in [6, 6.07) is 10.2. The number of para-hydroxylation sites is 1. The number of hydrogen-bond acceptors (Lipinski definition) is 4. The van der Waals surface area contributed by atoms with Crippen molar-refractivity contribution in [3.05, 3.63) is 29.8 Å². The average Bonchev–Trinajstić information content (AvgIpc) is 2.47. The summed E-state index contributed by atoms with van der Waals surface area (Å²) in [7, 11) is 2.18. The van der Waals surface area contributed by atoms with Gasteiger partial charge >= 0.3 is 0 Å². The summed E-state index contributed by atoms with van der Waals surface area (Å²) in [5.74, 6) is 0.696. The maximum absolute atomic E-state index is 8.99. The predicted molar refractivity (Wildman–Crippen MR) is 79.8 cm³/mol. The van der Waals surface area contributed by atoms with E-state index in [1.54, 1.807) is 6.07 Å². The number of piperazine rings is 1. The van der Waals surface area contributed by atoms with Crippen LogP contribution in [-0.2, 0) is 0 Å². The minimum atomic E-state index is 0.612. The van der Waals surface area contributed by atoms with Gasteiger partial charge in [-0.05, 0) is 32.5 Å². The molecule has 0 radical (unpaired) electrons. The Labute approximate surface area is 121 Å². The van der Waals surface area contributed by atoms with Gasteiger partial charge in [-0.2, -0.15) is 5.26 Å². The number of benzene rings is 1. The summed E-state index contributed by atoms with van der Waals surface area (Å²) in [4.78, 5) is 4.89. The van der Waals surface area contributed by atoms with E-state index in [-0.39, 0.29) is 0 Å². The fraction of sp³-hybridized carbons (Fsp3) is 0.562. The number of nitrogens with zero attached hydrogens (tertiary/aromatic N) is 3. The largest absolute Gasteiger partial charge is 0.492 e. The molecule has 0 spiro atoms. The van der Waals surface area contributed by atoms with Crippen LogP contribution in [0.3, 0.4) is 0 Å². The van der Waals surface area contributed by atoms with Gasteiger partial charge < -0.3 is 14.5 Å². The monoisotopic (exact) mass is 273 g/mol. The summed E-state index contributed by atoms with van der Waals surface area (Å²) in [5.41, 5.74) is 0.612. The molecule has 1 heterocycles. The summed E-state index contributed by atoms with van der Waals surface area (Å²) in [6.45, 7) is 7.40. The first-order valence-electron chi connectivity index (χ1n) is 7.25. The predicted octanol–water partition coefficient (Wildman–Crippen LogP) is 1.96. The van der Waals surface area contributed by atoms with E-state index >= 15 is 0 Å². The van der Waals surface area contributed by atoms with E-state index in [9.17, 15) is 0 Å². The lowest BCUT2D eigenvalue weighted by atomic mass is 10.2. The topological polar surface area (TPSA) is 39.5 Å². The van der Waals surface area contributed by atoms with Crippen LogP contribution in [0.25, 0.3) is 0 Å². The molecule has 0 saturated carbocycles. The van der Waals surface area contributed by atoms with Gasteiger partial charge in [0.05, 0.1) is 12.2 Å². The number of rotatable bonds is 5. The standard InChI is InChI=1S/C16H23N3O/c1-14-13-19(10-9-18(14)2)8-5-11-20-16-7-4-3-6-15(16)12-17/h3-4,6-7,14H,5,8-11,13H2,1-2H3. The zero-order valence-corrected chi connectivity index (χ0v) is 12.4. The molecule has 0 N–H and O–H groups in total. The van der Waals surface area contributed by atoms with Crippen LogP contribution in [0.15, 0.2) is 24.3 Å². The van der Waals surface area contributed by atoms with Crippen LogP contribution in [0.1, 0.15) is 18.9 Å². The fourth-order valence-corrected chi connectivity index (χ4v) is 2.48. The Kier molecular flexibility index (Phi) is 5.40. The maximum Gasteiger partial charge on any atom is 0.137 e. The molecule has 1 unspecified atom stereocenters. The molecular weight excluding hydrogens is 250 g/mol. The lowest BCUT2D eigenvalue weighted by Gasteiger charge is -2.37. The molecule has 4 nitrogen and oxygen atoms in total. The molecule has 0 amide bonds. The molecule has 0 aliphatic carbocycles. The minimum absolute atomic E-state index is 0.612. The Morgan fingerprint density at radius 1 is 1.35 bits per heavy atom. The van der Waals surface area contributed by atoms with E-state index in [1.165, 1.54) is 0 Å². The second-order valence-electron chi connectivity index (χ2n) is 5.44. The van der Waals surface area contributed by atoms with Crippen molar-refractivity contribution in [2.45, 2.75) is 19.4 Å². The second kappa shape index (κ2) is 7.28. The molecule has 1 atom stereocenters.